The molecule has 0 saturated carbocycles. The van der Waals surface area contributed by atoms with Gasteiger partial charge in [-0.3, -0.25) is 4.68 Å². The van der Waals surface area contributed by atoms with E-state index in [9.17, 15) is 4.39 Å². The maximum atomic E-state index is 13.9. The molecule has 0 saturated heterocycles. The summed E-state index contributed by atoms with van der Waals surface area (Å²) in [5, 5.41) is 4.45. The van der Waals surface area contributed by atoms with Crippen molar-refractivity contribution in [3.05, 3.63) is 51.5 Å². The van der Waals surface area contributed by atoms with Crippen LogP contribution in [0.2, 0.25) is 0 Å². The fourth-order valence-electron chi connectivity index (χ4n) is 2.38. The highest BCUT2D eigenvalue weighted by Gasteiger charge is 2.28. The number of nitrogens with two attached hydrogens (primary N) is 1. The molecule has 0 radical (unpaired) electrons. The second kappa shape index (κ2) is 5.66. The molecule has 1 aromatic carbocycles. The number of halogens is 2. The van der Waals surface area contributed by atoms with Crippen molar-refractivity contribution < 1.29 is 4.39 Å². The first-order valence-electron chi connectivity index (χ1n) is 6.61. The van der Waals surface area contributed by atoms with Crippen LogP contribution in [-0.4, -0.2) is 9.78 Å². The van der Waals surface area contributed by atoms with Gasteiger partial charge in [-0.2, -0.15) is 5.10 Å². The van der Waals surface area contributed by atoms with E-state index in [-0.39, 0.29) is 5.82 Å². The summed E-state index contributed by atoms with van der Waals surface area (Å²) in [5.41, 5.74) is 8.07. The van der Waals surface area contributed by atoms with Crippen molar-refractivity contribution in [3.8, 4) is 0 Å². The molecular weight excluding hydrogens is 321 g/mol. The van der Waals surface area contributed by atoms with Gasteiger partial charge in [0.2, 0.25) is 0 Å². The number of aromatic nitrogens is 2. The predicted octanol–water partition coefficient (Wildman–Crippen LogP) is 3.30. The molecule has 1 heterocycles. The van der Waals surface area contributed by atoms with E-state index >= 15 is 0 Å². The van der Waals surface area contributed by atoms with E-state index in [4.69, 9.17) is 5.73 Å². The van der Waals surface area contributed by atoms with Crippen LogP contribution in [0.4, 0.5) is 4.39 Å². The van der Waals surface area contributed by atoms with Crippen molar-refractivity contribution in [2.75, 3.05) is 0 Å². The Balaban J connectivity index is 2.38. The molecule has 0 amide bonds. The Bertz CT molecular complexity index is 620. The van der Waals surface area contributed by atoms with Crippen molar-refractivity contribution in [1.29, 1.82) is 0 Å². The predicted molar refractivity (Wildman–Crippen MR) is 81.9 cm³/mol. The summed E-state index contributed by atoms with van der Waals surface area (Å²) in [6.07, 6.45) is 1.35. The van der Waals surface area contributed by atoms with Gasteiger partial charge in [0.25, 0.3) is 0 Å². The summed E-state index contributed by atoms with van der Waals surface area (Å²) < 4.78 is 16.7. The molecular formula is C15H19BrFN3. The topological polar surface area (TPSA) is 43.8 Å². The zero-order valence-corrected chi connectivity index (χ0v) is 13.5. The molecule has 1 unspecified atom stereocenters. The van der Waals surface area contributed by atoms with Crippen LogP contribution in [0, 0.1) is 5.82 Å². The normalized spacial score (nSPS) is 14.3. The lowest BCUT2D eigenvalue weighted by atomic mass is 9.88. The van der Waals surface area contributed by atoms with Crippen molar-refractivity contribution >= 4 is 15.9 Å². The molecule has 20 heavy (non-hydrogen) atoms. The standard InChI is InChI=1S/C15H19BrFN3/c1-4-12-14(16)13(20(3)19-12)9-15(2,18)10-7-5-6-8-11(10)17/h5-8H,4,9,18H2,1-3H3. The Kier molecular flexibility index (Phi) is 4.30. The van der Waals surface area contributed by atoms with Gasteiger partial charge in [0.1, 0.15) is 5.82 Å². The number of hydrogen-bond donors (Lipinski definition) is 1. The lowest BCUT2D eigenvalue weighted by molar-refractivity contribution is 0.443. The first-order valence-corrected chi connectivity index (χ1v) is 7.40. The number of aryl methyl sites for hydroxylation is 2. The third-order valence-electron chi connectivity index (χ3n) is 3.53. The lowest BCUT2D eigenvalue weighted by Gasteiger charge is -2.26. The second-order valence-electron chi connectivity index (χ2n) is 5.26. The smallest absolute Gasteiger partial charge is 0.128 e. The van der Waals surface area contributed by atoms with Crippen molar-refractivity contribution in [2.24, 2.45) is 12.8 Å². The van der Waals surface area contributed by atoms with Crippen LogP contribution in [0.25, 0.3) is 0 Å². The number of hydrogen-bond acceptors (Lipinski definition) is 2. The summed E-state index contributed by atoms with van der Waals surface area (Å²) in [5.74, 6) is -0.272. The average molecular weight is 340 g/mol. The van der Waals surface area contributed by atoms with Gasteiger partial charge >= 0.3 is 0 Å². The summed E-state index contributed by atoms with van der Waals surface area (Å²) in [4.78, 5) is 0. The van der Waals surface area contributed by atoms with Gasteiger partial charge in [0.15, 0.2) is 0 Å². The SMILES string of the molecule is CCc1nn(C)c(CC(C)(N)c2ccccc2F)c1Br. The molecule has 2 aromatic rings. The zero-order valence-electron chi connectivity index (χ0n) is 12.0. The molecule has 0 fully saturated rings. The van der Waals surface area contributed by atoms with Crippen molar-refractivity contribution in [2.45, 2.75) is 32.2 Å². The van der Waals surface area contributed by atoms with Crippen LogP contribution in [0.3, 0.4) is 0 Å². The Morgan fingerprint density at radius 1 is 1.40 bits per heavy atom. The minimum Gasteiger partial charge on any atom is -0.321 e. The Morgan fingerprint density at radius 2 is 2.05 bits per heavy atom. The van der Waals surface area contributed by atoms with Crippen LogP contribution in [-0.2, 0) is 25.4 Å². The van der Waals surface area contributed by atoms with E-state index in [2.05, 4.69) is 28.0 Å². The van der Waals surface area contributed by atoms with E-state index in [0.29, 0.717) is 12.0 Å². The molecule has 0 aliphatic heterocycles. The van der Waals surface area contributed by atoms with Crippen molar-refractivity contribution in [3.63, 3.8) is 0 Å². The molecule has 108 valence electrons. The Labute approximate surface area is 127 Å². The zero-order chi connectivity index (χ0) is 14.9. The highest BCUT2D eigenvalue weighted by molar-refractivity contribution is 9.10. The third kappa shape index (κ3) is 2.79. The van der Waals surface area contributed by atoms with Gasteiger partial charge in [-0.15, -0.1) is 0 Å². The number of benzene rings is 1. The molecule has 1 aromatic heterocycles. The summed E-state index contributed by atoms with van der Waals surface area (Å²) >= 11 is 3.57. The lowest BCUT2D eigenvalue weighted by Crippen LogP contribution is -2.37. The maximum absolute atomic E-state index is 13.9. The molecule has 0 spiro atoms. The summed E-state index contributed by atoms with van der Waals surface area (Å²) in [7, 11) is 1.89. The highest BCUT2D eigenvalue weighted by atomic mass is 79.9. The van der Waals surface area contributed by atoms with Crippen LogP contribution in [0.5, 0.6) is 0 Å². The van der Waals surface area contributed by atoms with Crippen LogP contribution in [0.15, 0.2) is 28.7 Å². The minimum absolute atomic E-state index is 0.272. The largest absolute Gasteiger partial charge is 0.321 e. The first kappa shape index (κ1) is 15.2. The number of rotatable bonds is 4. The van der Waals surface area contributed by atoms with Crippen molar-refractivity contribution in [1.82, 2.24) is 9.78 Å². The molecule has 3 nitrogen and oxygen atoms in total. The average Bonchev–Trinajstić information content (AvgIpc) is 2.66. The molecule has 0 aliphatic rings. The fourth-order valence-corrected chi connectivity index (χ4v) is 3.14. The molecule has 2 N–H and O–H groups in total. The summed E-state index contributed by atoms with van der Waals surface area (Å²) in [6.45, 7) is 3.89. The molecule has 2 rings (SSSR count). The van der Waals surface area contributed by atoms with E-state index in [1.807, 2.05) is 18.7 Å². The Hall–Kier alpha value is -1.20. The van der Waals surface area contributed by atoms with Crippen LogP contribution in [0.1, 0.15) is 30.8 Å². The molecule has 0 aliphatic carbocycles. The van der Waals surface area contributed by atoms with Gasteiger partial charge in [0, 0.05) is 24.6 Å². The quantitative estimate of drug-likeness (QED) is 0.928. The van der Waals surface area contributed by atoms with Gasteiger partial charge < -0.3 is 5.73 Å². The number of nitrogens with zero attached hydrogens (tertiary/aromatic N) is 2. The maximum Gasteiger partial charge on any atom is 0.128 e. The van der Waals surface area contributed by atoms with Gasteiger partial charge in [0.05, 0.1) is 15.9 Å². The summed E-state index contributed by atoms with van der Waals surface area (Å²) in [6, 6.07) is 6.65. The van der Waals surface area contributed by atoms with Gasteiger partial charge in [-0.25, -0.2) is 4.39 Å². The third-order valence-corrected chi connectivity index (χ3v) is 4.44. The second-order valence-corrected chi connectivity index (χ2v) is 6.05. The molecule has 1 atom stereocenters. The van der Waals surface area contributed by atoms with Gasteiger partial charge in [-0.05, 0) is 35.3 Å². The van der Waals surface area contributed by atoms with E-state index in [0.717, 1.165) is 22.3 Å². The fraction of sp³-hybridized carbons (Fsp3) is 0.400. The van der Waals surface area contributed by atoms with E-state index in [1.54, 1.807) is 18.2 Å². The molecule has 5 heteroatoms. The molecule has 0 bridgehead atoms. The van der Waals surface area contributed by atoms with E-state index in [1.165, 1.54) is 6.07 Å². The van der Waals surface area contributed by atoms with Crippen LogP contribution < -0.4 is 5.73 Å². The van der Waals surface area contributed by atoms with Crippen LogP contribution >= 0.6 is 15.9 Å². The minimum atomic E-state index is -0.785. The van der Waals surface area contributed by atoms with E-state index < -0.39 is 5.54 Å². The monoisotopic (exact) mass is 339 g/mol. The Morgan fingerprint density at radius 3 is 2.60 bits per heavy atom. The first-order chi connectivity index (χ1) is 9.36. The van der Waals surface area contributed by atoms with Gasteiger partial charge in [-0.1, -0.05) is 25.1 Å². The highest BCUT2D eigenvalue weighted by Crippen LogP contribution is 2.30.